The van der Waals surface area contributed by atoms with Gasteiger partial charge >= 0.3 is 0 Å². The monoisotopic (exact) mass is 296 g/mol. The van der Waals surface area contributed by atoms with Crippen LogP contribution in [0.1, 0.15) is 37.8 Å². The number of halogens is 1. The largest absolute Gasteiger partial charge is 0.348 e. The Balaban J connectivity index is 2.04. The van der Waals surface area contributed by atoms with Crippen molar-refractivity contribution in [2.24, 2.45) is 5.73 Å². The van der Waals surface area contributed by atoms with Crippen LogP contribution in [0.2, 0.25) is 0 Å². The highest BCUT2D eigenvalue weighted by molar-refractivity contribution is 9.10. The lowest BCUT2D eigenvalue weighted by Gasteiger charge is -2.37. The molecule has 0 radical (unpaired) electrons. The lowest BCUT2D eigenvalue weighted by atomic mass is 9.77. The quantitative estimate of drug-likeness (QED) is 0.900. The smallest absolute Gasteiger partial charge is 0.240 e. The van der Waals surface area contributed by atoms with E-state index in [4.69, 9.17) is 5.73 Å². The van der Waals surface area contributed by atoms with E-state index in [9.17, 15) is 4.79 Å². The summed E-state index contributed by atoms with van der Waals surface area (Å²) in [5.74, 6) is -0.0352. The second-order valence-electron chi connectivity index (χ2n) is 4.73. The highest BCUT2D eigenvalue weighted by Crippen LogP contribution is 2.30. The van der Waals surface area contributed by atoms with Gasteiger partial charge in [0.25, 0.3) is 0 Å². The van der Waals surface area contributed by atoms with E-state index in [1.165, 1.54) is 0 Å². The second-order valence-corrected chi connectivity index (χ2v) is 5.58. The van der Waals surface area contributed by atoms with Crippen LogP contribution in [0.4, 0.5) is 0 Å². The van der Waals surface area contributed by atoms with Gasteiger partial charge in [0.15, 0.2) is 0 Å². The van der Waals surface area contributed by atoms with Crippen LogP contribution in [-0.2, 0) is 4.79 Å². The number of benzene rings is 1. The minimum atomic E-state index is -0.629. The van der Waals surface area contributed by atoms with Gasteiger partial charge in [-0.3, -0.25) is 4.79 Å². The van der Waals surface area contributed by atoms with Crippen molar-refractivity contribution in [3.05, 3.63) is 34.3 Å². The van der Waals surface area contributed by atoms with Gasteiger partial charge in [-0.25, -0.2) is 0 Å². The maximum atomic E-state index is 12.0. The molecule has 0 aromatic heterocycles. The molecule has 1 aliphatic carbocycles. The molecule has 0 bridgehead atoms. The fraction of sp³-hybridized carbons (Fsp3) is 0.462. The van der Waals surface area contributed by atoms with E-state index in [2.05, 4.69) is 21.2 Å². The molecule has 1 aromatic rings. The molecule has 3 N–H and O–H groups in total. The number of amides is 1. The van der Waals surface area contributed by atoms with E-state index >= 15 is 0 Å². The minimum absolute atomic E-state index is 0.0286. The van der Waals surface area contributed by atoms with Crippen LogP contribution in [0.25, 0.3) is 0 Å². The first-order valence-electron chi connectivity index (χ1n) is 5.87. The molecule has 4 heteroatoms. The SMILES string of the molecule is CC(NC(=O)C1(N)CCC1)c1ccccc1Br. The molecule has 3 nitrogen and oxygen atoms in total. The summed E-state index contributed by atoms with van der Waals surface area (Å²) in [5, 5.41) is 2.99. The summed E-state index contributed by atoms with van der Waals surface area (Å²) in [6, 6.07) is 7.86. The summed E-state index contributed by atoms with van der Waals surface area (Å²) < 4.78 is 1.01. The van der Waals surface area contributed by atoms with Gasteiger partial charge in [-0.2, -0.15) is 0 Å². The fourth-order valence-corrected chi connectivity index (χ4v) is 2.66. The number of nitrogens with one attached hydrogen (secondary N) is 1. The van der Waals surface area contributed by atoms with Crippen molar-refractivity contribution >= 4 is 21.8 Å². The summed E-state index contributed by atoms with van der Waals surface area (Å²) in [6.07, 6.45) is 2.64. The van der Waals surface area contributed by atoms with Gasteiger partial charge in [-0.05, 0) is 37.8 Å². The predicted octanol–water partition coefficient (Wildman–Crippen LogP) is 2.51. The van der Waals surface area contributed by atoms with Gasteiger partial charge in [0.2, 0.25) is 5.91 Å². The summed E-state index contributed by atoms with van der Waals surface area (Å²) in [7, 11) is 0. The molecule has 2 rings (SSSR count). The molecule has 1 unspecified atom stereocenters. The molecule has 1 amide bonds. The van der Waals surface area contributed by atoms with Crippen molar-refractivity contribution in [2.45, 2.75) is 37.8 Å². The second kappa shape index (κ2) is 4.78. The first-order valence-corrected chi connectivity index (χ1v) is 6.66. The van der Waals surface area contributed by atoms with Crippen LogP contribution >= 0.6 is 15.9 Å². The Hall–Kier alpha value is -0.870. The number of carbonyl (C=O) groups is 1. The third-order valence-electron chi connectivity index (χ3n) is 3.42. The first kappa shape index (κ1) is 12.6. The number of nitrogens with two attached hydrogens (primary N) is 1. The zero-order valence-corrected chi connectivity index (χ0v) is 11.5. The molecule has 1 aliphatic rings. The topological polar surface area (TPSA) is 55.1 Å². The van der Waals surface area contributed by atoms with Crippen molar-refractivity contribution in [1.29, 1.82) is 0 Å². The fourth-order valence-electron chi connectivity index (χ4n) is 2.03. The van der Waals surface area contributed by atoms with Crippen molar-refractivity contribution in [3.8, 4) is 0 Å². The van der Waals surface area contributed by atoms with Crippen LogP contribution in [0, 0.1) is 0 Å². The molecule has 0 saturated heterocycles. The van der Waals surface area contributed by atoms with Gasteiger partial charge in [0.1, 0.15) is 0 Å². The molecule has 17 heavy (non-hydrogen) atoms. The van der Waals surface area contributed by atoms with Crippen LogP contribution in [0.15, 0.2) is 28.7 Å². The predicted molar refractivity (Wildman–Crippen MR) is 71.5 cm³/mol. The van der Waals surface area contributed by atoms with Crippen molar-refractivity contribution in [1.82, 2.24) is 5.32 Å². The van der Waals surface area contributed by atoms with Gasteiger partial charge in [0.05, 0.1) is 11.6 Å². The highest BCUT2D eigenvalue weighted by Gasteiger charge is 2.40. The van der Waals surface area contributed by atoms with Gasteiger partial charge in [-0.15, -0.1) is 0 Å². The summed E-state index contributed by atoms with van der Waals surface area (Å²) in [6.45, 7) is 1.97. The van der Waals surface area contributed by atoms with Crippen molar-refractivity contribution in [3.63, 3.8) is 0 Å². The third-order valence-corrected chi connectivity index (χ3v) is 4.14. The molecule has 1 fully saturated rings. The molecular formula is C13H17BrN2O. The van der Waals surface area contributed by atoms with E-state index in [0.29, 0.717) is 0 Å². The average Bonchev–Trinajstić information content (AvgIpc) is 2.26. The molecule has 1 aromatic carbocycles. The van der Waals surface area contributed by atoms with E-state index in [0.717, 1.165) is 29.3 Å². The maximum absolute atomic E-state index is 12.0. The maximum Gasteiger partial charge on any atom is 0.240 e. The van der Waals surface area contributed by atoms with Gasteiger partial charge < -0.3 is 11.1 Å². The Morgan fingerprint density at radius 2 is 2.12 bits per heavy atom. The normalized spacial score (nSPS) is 19.2. The van der Waals surface area contributed by atoms with Crippen LogP contribution in [-0.4, -0.2) is 11.4 Å². The first-order chi connectivity index (χ1) is 8.03. The zero-order valence-electron chi connectivity index (χ0n) is 9.87. The van der Waals surface area contributed by atoms with E-state index < -0.39 is 5.54 Å². The zero-order chi connectivity index (χ0) is 12.5. The van der Waals surface area contributed by atoms with Crippen molar-refractivity contribution in [2.75, 3.05) is 0 Å². The van der Waals surface area contributed by atoms with Crippen molar-refractivity contribution < 1.29 is 4.79 Å². The average molecular weight is 297 g/mol. The minimum Gasteiger partial charge on any atom is -0.348 e. The van der Waals surface area contributed by atoms with Crippen LogP contribution in [0.3, 0.4) is 0 Å². The Labute approximate surface area is 110 Å². The molecule has 0 aliphatic heterocycles. The number of hydrogen-bond acceptors (Lipinski definition) is 2. The lowest BCUT2D eigenvalue weighted by Crippen LogP contribution is -2.58. The molecule has 92 valence electrons. The highest BCUT2D eigenvalue weighted by atomic mass is 79.9. The van der Waals surface area contributed by atoms with Crippen LogP contribution < -0.4 is 11.1 Å². The number of hydrogen-bond donors (Lipinski definition) is 2. The molecule has 0 heterocycles. The molecule has 1 saturated carbocycles. The van der Waals surface area contributed by atoms with E-state index in [1.807, 2.05) is 31.2 Å². The van der Waals surface area contributed by atoms with E-state index in [1.54, 1.807) is 0 Å². The summed E-state index contributed by atoms with van der Waals surface area (Å²) >= 11 is 3.49. The van der Waals surface area contributed by atoms with E-state index in [-0.39, 0.29) is 11.9 Å². The Kier molecular flexibility index (Phi) is 3.54. The molecular weight excluding hydrogens is 280 g/mol. The summed E-state index contributed by atoms with van der Waals surface area (Å²) in [5.41, 5.74) is 6.43. The number of carbonyl (C=O) groups excluding carboxylic acids is 1. The molecule has 1 atom stereocenters. The Bertz CT molecular complexity index is 429. The third kappa shape index (κ3) is 2.53. The Morgan fingerprint density at radius 3 is 2.65 bits per heavy atom. The molecule has 0 spiro atoms. The lowest BCUT2D eigenvalue weighted by molar-refractivity contribution is -0.129. The Morgan fingerprint density at radius 1 is 1.47 bits per heavy atom. The van der Waals surface area contributed by atoms with Gasteiger partial charge in [-0.1, -0.05) is 34.1 Å². The number of rotatable bonds is 3. The standard InChI is InChI=1S/C13H17BrN2O/c1-9(10-5-2-3-6-11(10)14)16-12(17)13(15)7-4-8-13/h2-3,5-6,9H,4,7-8,15H2,1H3,(H,16,17). The van der Waals surface area contributed by atoms with Gasteiger partial charge in [0, 0.05) is 4.47 Å². The van der Waals surface area contributed by atoms with Crippen LogP contribution in [0.5, 0.6) is 0 Å². The summed E-state index contributed by atoms with van der Waals surface area (Å²) in [4.78, 5) is 12.0.